The molecule has 0 fully saturated rings. The zero-order valence-corrected chi connectivity index (χ0v) is 15.7. The fourth-order valence-electron chi connectivity index (χ4n) is 2.81. The third-order valence-corrected chi connectivity index (χ3v) is 5.31. The number of carbonyl (C=O) groups is 2. The molecular formula is C21H15FN2O3S. The van der Waals surface area contributed by atoms with Gasteiger partial charge in [0.05, 0.1) is 17.5 Å². The van der Waals surface area contributed by atoms with Crippen molar-refractivity contribution in [3.63, 3.8) is 0 Å². The van der Waals surface area contributed by atoms with Crippen molar-refractivity contribution in [2.24, 2.45) is 0 Å². The van der Waals surface area contributed by atoms with E-state index in [2.05, 4.69) is 4.98 Å². The first-order chi connectivity index (χ1) is 13.5. The van der Waals surface area contributed by atoms with Crippen molar-refractivity contribution in [3.8, 4) is 0 Å². The van der Waals surface area contributed by atoms with E-state index in [4.69, 9.17) is 4.42 Å². The molecule has 0 N–H and O–H groups in total. The molecule has 140 valence electrons. The summed E-state index contributed by atoms with van der Waals surface area (Å²) in [6.45, 7) is 1.62. The fraction of sp³-hybridized carbons (Fsp3) is 0.0952. The second kappa shape index (κ2) is 7.36. The second-order valence-electron chi connectivity index (χ2n) is 6.19. The summed E-state index contributed by atoms with van der Waals surface area (Å²) in [5.74, 6) is -0.247. The number of hydrogen-bond acceptors (Lipinski definition) is 5. The number of ketones is 1. The first kappa shape index (κ1) is 18.1. The molecule has 0 saturated carbocycles. The van der Waals surface area contributed by atoms with Gasteiger partial charge < -0.3 is 4.42 Å². The molecule has 0 unspecified atom stereocenters. The van der Waals surface area contributed by atoms with Crippen LogP contribution in [-0.2, 0) is 6.54 Å². The highest BCUT2D eigenvalue weighted by molar-refractivity contribution is 7.22. The van der Waals surface area contributed by atoms with Crippen molar-refractivity contribution in [2.75, 3.05) is 4.90 Å². The molecule has 4 aromatic rings. The molecule has 0 aliphatic carbocycles. The number of benzene rings is 2. The van der Waals surface area contributed by atoms with Crippen molar-refractivity contribution >= 4 is 38.4 Å². The summed E-state index contributed by atoms with van der Waals surface area (Å²) in [6, 6.07) is 14.6. The predicted octanol–water partition coefficient (Wildman–Crippen LogP) is 5.08. The van der Waals surface area contributed by atoms with Gasteiger partial charge >= 0.3 is 0 Å². The van der Waals surface area contributed by atoms with E-state index < -0.39 is 5.82 Å². The lowest BCUT2D eigenvalue weighted by atomic mass is 10.1. The summed E-state index contributed by atoms with van der Waals surface area (Å²) in [5, 5.41) is 0.372. The molecule has 28 heavy (non-hydrogen) atoms. The van der Waals surface area contributed by atoms with E-state index in [1.54, 1.807) is 48.5 Å². The van der Waals surface area contributed by atoms with Crippen LogP contribution in [0.2, 0.25) is 0 Å². The molecule has 2 heterocycles. The number of furan rings is 1. The first-order valence-corrected chi connectivity index (χ1v) is 9.35. The number of fused-ring (bicyclic) bond motifs is 1. The Bertz CT molecular complexity index is 1150. The van der Waals surface area contributed by atoms with Gasteiger partial charge in [-0.2, -0.15) is 0 Å². The molecule has 2 aromatic carbocycles. The van der Waals surface area contributed by atoms with Gasteiger partial charge in [-0.25, -0.2) is 9.37 Å². The molecule has 2 aromatic heterocycles. The van der Waals surface area contributed by atoms with Crippen LogP contribution in [0.4, 0.5) is 9.52 Å². The van der Waals surface area contributed by atoms with Crippen LogP contribution < -0.4 is 4.90 Å². The average Bonchev–Trinajstić information content (AvgIpc) is 3.36. The number of Topliss-reactive ketones (excluding diaryl/α,β-unsaturated/α-hetero) is 1. The highest BCUT2D eigenvalue weighted by atomic mass is 32.1. The van der Waals surface area contributed by atoms with E-state index in [0.717, 1.165) is 0 Å². The normalized spacial score (nSPS) is 10.9. The number of carbonyl (C=O) groups excluding carboxylic acids is 2. The topological polar surface area (TPSA) is 63.4 Å². The van der Waals surface area contributed by atoms with E-state index in [1.807, 2.05) is 0 Å². The Hall–Kier alpha value is -3.32. The van der Waals surface area contributed by atoms with E-state index in [0.29, 0.717) is 26.7 Å². The summed E-state index contributed by atoms with van der Waals surface area (Å²) < 4.78 is 20.1. The molecule has 0 spiro atoms. The van der Waals surface area contributed by atoms with Crippen molar-refractivity contribution in [1.29, 1.82) is 0 Å². The highest BCUT2D eigenvalue weighted by Crippen LogP contribution is 2.32. The number of anilines is 1. The van der Waals surface area contributed by atoms with Gasteiger partial charge in [-0.05, 0) is 43.3 Å². The predicted molar refractivity (Wildman–Crippen MR) is 105 cm³/mol. The Kier molecular flexibility index (Phi) is 4.75. The SMILES string of the molecule is CC(=O)c1ccc(C(=O)N(Cc2ccco2)c2nc3c(F)cccc3s2)cc1. The van der Waals surface area contributed by atoms with Gasteiger partial charge in [-0.3, -0.25) is 14.5 Å². The highest BCUT2D eigenvalue weighted by Gasteiger charge is 2.23. The smallest absolute Gasteiger partial charge is 0.260 e. The minimum absolute atomic E-state index is 0.0758. The standard InChI is InChI=1S/C21H15FN2O3S/c1-13(25)14-7-9-15(10-8-14)20(26)24(12-16-4-3-11-27-16)21-23-19-17(22)5-2-6-18(19)28-21/h2-11H,12H2,1H3. The minimum Gasteiger partial charge on any atom is -0.467 e. The molecule has 0 radical (unpaired) electrons. The molecule has 7 heteroatoms. The van der Waals surface area contributed by atoms with Gasteiger partial charge in [-0.15, -0.1) is 0 Å². The second-order valence-corrected chi connectivity index (χ2v) is 7.20. The summed E-state index contributed by atoms with van der Waals surface area (Å²) in [6.07, 6.45) is 1.53. The van der Waals surface area contributed by atoms with Crippen LogP contribution in [0.15, 0.2) is 65.3 Å². The maximum Gasteiger partial charge on any atom is 0.260 e. The largest absolute Gasteiger partial charge is 0.467 e. The Morgan fingerprint density at radius 1 is 1.07 bits per heavy atom. The van der Waals surface area contributed by atoms with E-state index in [9.17, 15) is 14.0 Å². The number of para-hydroxylation sites is 1. The Labute approximate surface area is 164 Å². The lowest BCUT2D eigenvalue weighted by Crippen LogP contribution is -2.30. The number of halogens is 1. The summed E-state index contributed by atoms with van der Waals surface area (Å²) >= 11 is 1.23. The van der Waals surface area contributed by atoms with Gasteiger partial charge in [0.2, 0.25) is 0 Å². The molecule has 0 aliphatic heterocycles. The summed E-state index contributed by atoms with van der Waals surface area (Å²) in [4.78, 5) is 30.4. The number of nitrogens with zero attached hydrogens (tertiary/aromatic N) is 2. The molecule has 4 rings (SSSR count). The van der Waals surface area contributed by atoms with Crippen LogP contribution in [-0.4, -0.2) is 16.7 Å². The van der Waals surface area contributed by atoms with Crippen molar-refractivity contribution in [3.05, 3.63) is 83.6 Å². The maximum absolute atomic E-state index is 14.1. The molecule has 5 nitrogen and oxygen atoms in total. The number of thiazole rings is 1. The minimum atomic E-state index is -0.434. The van der Waals surface area contributed by atoms with Crippen LogP contribution in [0.25, 0.3) is 10.2 Å². The Morgan fingerprint density at radius 2 is 1.82 bits per heavy atom. The van der Waals surface area contributed by atoms with Crippen LogP contribution >= 0.6 is 11.3 Å². The van der Waals surface area contributed by atoms with Crippen LogP contribution in [0.5, 0.6) is 0 Å². The zero-order valence-electron chi connectivity index (χ0n) is 14.9. The zero-order chi connectivity index (χ0) is 19.7. The van der Waals surface area contributed by atoms with Crippen LogP contribution in [0.3, 0.4) is 0 Å². The van der Waals surface area contributed by atoms with Crippen molar-refractivity contribution in [2.45, 2.75) is 13.5 Å². The lowest BCUT2D eigenvalue weighted by Gasteiger charge is -2.19. The van der Waals surface area contributed by atoms with Crippen LogP contribution in [0, 0.1) is 5.82 Å². The van der Waals surface area contributed by atoms with Crippen molar-refractivity contribution < 1.29 is 18.4 Å². The van der Waals surface area contributed by atoms with Gasteiger partial charge in [0.1, 0.15) is 17.1 Å². The number of aromatic nitrogens is 1. The van der Waals surface area contributed by atoms with Gasteiger partial charge in [0, 0.05) is 11.1 Å². The molecule has 1 amide bonds. The Balaban J connectivity index is 1.74. The molecule has 0 saturated heterocycles. The fourth-order valence-corrected chi connectivity index (χ4v) is 3.78. The van der Waals surface area contributed by atoms with Gasteiger partial charge in [-0.1, -0.05) is 29.5 Å². The summed E-state index contributed by atoms with van der Waals surface area (Å²) in [7, 11) is 0. The maximum atomic E-state index is 14.1. The third kappa shape index (κ3) is 3.44. The quantitative estimate of drug-likeness (QED) is 0.443. The van der Waals surface area contributed by atoms with E-state index >= 15 is 0 Å². The van der Waals surface area contributed by atoms with Crippen LogP contribution in [0.1, 0.15) is 33.4 Å². The monoisotopic (exact) mass is 394 g/mol. The van der Waals surface area contributed by atoms with Crippen molar-refractivity contribution in [1.82, 2.24) is 4.98 Å². The number of hydrogen-bond donors (Lipinski definition) is 0. The summed E-state index contributed by atoms with van der Waals surface area (Å²) in [5.41, 5.74) is 1.15. The molecule has 0 bridgehead atoms. The molecular weight excluding hydrogens is 379 g/mol. The van der Waals surface area contributed by atoms with Gasteiger partial charge in [0.15, 0.2) is 10.9 Å². The lowest BCUT2D eigenvalue weighted by molar-refractivity contribution is 0.0979. The molecule has 0 atom stereocenters. The first-order valence-electron chi connectivity index (χ1n) is 8.53. The van der Waals surface area contributed by atoms with E-state index in [-0.39, 0.29) is 23.8 Å². The number of amides is 1. The third-order valence-electron chi connectivity index (χ3n) is 4.27. The Morgan fingerprint density at radius 3 is 2.46 bits per heavy atom. The van der Waals surface area contributed by atoms with Gasteiger partial charge in [0.25, 0.3) is 5.91 Å². The average molecular weight is 394 g/mol. The van der Waals surface area contributed by atoms with E-state index in [1.165, 1.54) is 35.5 Å². The number of rotatable bonds is 5. The molecule has 0 aliphatic rings.